The molecule has 0 bridgehead atoms. The number of ether oxygens (including phenoxy) is 1. The van der Waals surface area contributed by atoms with Gasteiger partial charge in [-0.25, -0.2) is 4.79 Å². The fourth-order valence-corrected chi connectivity index (χ4v) is 2.90. The van der Waals surface area contributed by atoms with Crippen LogP contribution in [0.3, 0.4) is 0 Å². The Labute approximate surface area is 126 Å². The Balaban J connectivity index is 2.31. The molecule has 1 aromatic carbocycles. The van der Waals surface area contributed by atoms with Gasteiger partial charge in [-0.1, -0.05) is 35.9 Å². The van der Waals surface area contributed by atoms with Gasteiger partial charge in [0.25, 0.3) is 0 Å². The Morgan fingerprint density at radius 1 is 1.33 bits per heavy atom. The van der Waals surface area contributed by atoms with Crippen LogP contribution >= 0.6 is 0 Å². The minimum Gasteiger partial charge on any atom is -0.463 e. The van der Waals surface area contributed by atoms with E-state index in [2.05, 4.69) is 25.1 Å². The molecule has 0 N–H and O–H groups in total. The molecular formula is C18H22O3. The minimum atomic E-state index is -0.318. The normalized spacial score (nSPS) is 17.9. The monoisotopic (exact) mass is 286 g/mol. The summed E-state index contributed by atoms with van der Waals surface area (Å²) in [5.41, 5.74) is 2.14. The van der Waals surface area contributed by atoms with Crippen molar-refractivity contribution in [2.24, 2.45) is 0 Å². The molecule has 0 amide bonds. The lowest BCUT2D eigenvalue weighted by molar-refractivity contribution is -0.137. The number of allylic oxidation sites excluding steroid dienone is 1. The zero-order chi connectivity index (χ0) is 15.3. The molecule has 1 aliphatic rings. The van der Waals surface area contributed by atoms with Crippen LogP contribution in [-0.4, -0.2) is 18.4 Å². The highest BCUT2D eigenvalue weighted by molar-refractivity contribution is 5.83. The van der Waals surface area contributed by atoms with Gasteiger partial charge in [0.1, 0.15) is 5.78 Å². The van der Waals surface area contributed by atoms with Crippen molar-refractivity contribution in [3.63, 3.8) is 0 Å². The number of carbonyl (C=O) groups is 2. The van der Waals surface area contributed by atoms with E-state index in [1.54, 1.807) is 6.92 Å². The number of esters is 1. The highest BCUT2D eigenvalue weighted by Crippen LogP contribution is 2.40. The summed E-state index contributed by atoms with van der Waals surface area (Å²) >= 11 is 0. The average molecular weight is 286 g/mol. The van der Waals surface area contributed by atoms with E-state index in [0.29, 0.717) is 25.2 Å². The number of Topliss-reactive ketones (excluding diaryl/α,β-unsaturated/α-hetero) is 1. The summed E-state index contributed by atoms with van der Waals surface area (Å²) in [6, 6.07) is 8.31. The molecule has 3 heteroatoms. The third-order valence-corrected chi connectivity index (χ3v) is 4.12. The molecular weight excluding hydrogens is 264 g/mol. The van der Waals surface area contributed by atoms with E-state index in [4.69, 9.17) is 4.74 Å². The van der Waals surface area contributed by atoms with E-state index < -0.39 is 0 Å². The average Bonchev–Trinajstić information content (AvgIpc) is 2.47. The van der Waals surface area contributed by atoms with E-state index in [1.807, 2.05) is 12.1 Å². The first-order valence-electron chi connectivity index (χ1n) is 7.50. The highest BCUT2D eigenvalue weighted by atomic mass is 16.5. The first-order chi connectivity index (χ1) is 10.1. The van der Waals surface area contributed by atoms with Crippen LogP contribution in [0.1, 0.15) is 43.7 Å². The van der Waals surface area contributed by atoms with Crippen LogP contribution in [0.15, 0.2) is 36.4 Å². The van der Waals surface area contributed by atoms with Gasteiger partial charge in [-0.15, -0.1) is 0 Å². The first-order valence-corrected chi connectivity index (χ1v) is 7.50. The first kappa shape index (κ1) is 15.5. The SMILES string of the molecule is CCOC(=O)C=CC1(c2cccc(C)c2)CCC(=O)CC1. The van der Waals surface area contributed by atoms with Crippen LogP contribution in [0.5, 0.6) is 0 Å². The maximum absolute atomic E-state index is 11.6. The van der Waals surface area contributed by atoms with Crippen LogP contribution in [0.2, 0.25) is 0 Å². The second-order valence-electron chi connectivity index (χ2n) is 5.65. The van der Waals surface area contributed by atoms with Crippen molar-refractivity contribution in [2.45, 2.75) is 44.9 Å². The molecule has 0 unspecified atom stereocenters. The molecule has 2 rings (SSSR count). The lowest BCUT2D eigenvalue weighted by Gasteiger charge is -2.34. The molecule has 1 aliphatic carbocycles. The van der Waals surface area contributed by atoms with E-state index in [-0.39, 0.29) is 11.4 Å². The van der Waals surface area contributed by atoms with Gasteiger partial charge < -0.3 is 4.74 Å². The van der Waals surface area contributed by atoms with E-state index in [0.717, 1.165) is 12.8 Å². The number of benzene rings is 1. The van der Waals surface area contributed by atoms with Crippen molar-refractivity contribution in [2.75, 3.05) is 6.61 Å². The molecule has 0 heterocycles. The van der Waals surface area contributed by atoms with E-state index >= 15 is 0 Å². The smallest absolute Gasteiger partial charge is 0.330 e. The second kappa shape index (κ2) is 6.70. The summed E-state index contributed by atoms with van der Waals surface area (Å²) in [7, 11) is 0. The molecule has 0 spiro atoms. The lowest BCUT2D eigenvalue weighted by Crippen LogP contribution is -2.30. The predicted octanol–water partition coefficient (Wildman–Crippen LogP) is 3.50. The van der Waals surface area contributed by atoms with Crippen LogP contribution in [0.4, 0.5) is 0 Å². The van der Waals surface area contributed by atoms with E-state index in [1.165, 1.54) is 17.2 Å². The molecule has 1 saturated carbocycles. The molecule has 1 aromatic rings. The minimum absolute atomic E-state index is 0.229. The molecule has 1 fully saturated rings. The van der Waals surface area contributed by atoms with Crippen LogP contribution in [0.25, 0.3) is 0 Å². The summed E-state index contributed by atoms with van der Waals surface area (Å²) in [4.78, 5) is 23.2. The van der Waals surface area contributed by atoms with Crippen LogP contribution in [-0.2, 0) is 19.7 Å². The zero-order valence-electron chi connectivity index (χ0n) is 12.7. The highest BCUT2D eigenvalue weighted by Gasteiger charge is 2.34. The van der Waals surface area contributed by atoms with Gasteiger partial charge in [-0.2, -0.15) is 0 Å². The fraction of sp³-hybridized carbons (Fsp3) is 0.444. The van der Waals surface area contributed by atoms with Gasteiger partial charge in [-0.3, -0.25) is 4.79 Å². The van der Waals surface area contributed by atoms with Gasteiger partial charge in [0.05, 0.1) is 6.61 Å². The summed E-state index contributed by atoms with van der Waals surface area (Å²) in [6.45, 7) is 4.22. The summed E-state index contributed by atoms with van der Waals surface area (Å²) in [6.07, 6.45) is 6.10. The second-order valence-corrected chi connectivity index (χ2v) is 5.65. The zero-order valence-corrected chi connectivity index (χ0v) is 12.7. The summed E-state index contributed by atoms with van der Waals surface area (Å²) < 4.78 is 4.97. The van der Waals surface area contributed by atoms with Crippen molar-refractivity contribution in [3.05, 3.63) is 47.5 Å². The van der Waals surface area contributed by atoms with Gasteiger partial charge >= 0.3 is 5.97 Å². The Kier molecular flexibility index (Phi) is 4.94. The maximum Gasteiger partial charge on any atom is 0.330 e. The topological polar surface area (TPSA) is 43.4 Å². The van der Waals surface area contributed by atoms with Crippen LogP contribution < -0.4 is 0 Å². The number of hydrogen-bond acceptors (Lipinski definition) is 3. The predicted molar refractivity (Wildman–Crippen MR) is 82.1 cm³/mol. The largest absolute Gasteiger partial charge is 0.463 e. The standard InChI is InChI=1S/C18H22O3/c1-3-21-17(20)9-12-18(10-7-16(19)8-11-18)15-6-4-5-14(2)13-15/h4-6,9,12-13H,3,7-8,10-11H2,1-2H3. The number of rotatable bonds is 4. The van der Waals surface area contributed by atoms with Crippen molar-refractivity contribution in [1.82, 2.24) is 0 Å². The Bertz CT molecular complexity index is 547. The summed E-state index contributed by atoms with van der Waals surface area (Å²) in [5, 5.41) is 0. The number of carbonyl (C=O) groups excluding carboxylic acids is 2. The molecule has 0 saturated heterocycles. The van der Waals surface area contributed by atoms with Gasteiger partial charge in [0.2, 0.25) is 0 Å². The van der Waals surface area contributed by atoms with Crippen molar-refractivity contribution < 1.29 is 14.3 Å². The number of aryl methyl sites for hydroxylation is 1. The van der Waals surface area contributed by atoms with Crippen molar-refractivity contribution >= 4 is 11.8 Å². The van der Waals surface area contributed by atoms with Crippen LogP contribution in [0, 0.1) is 6.92 Å². The fourth-order valence-electron chi connectivity index (χ4n) is 2.90. The van der Waals surface area contributed by atoms with Gasteiger partial charge in [0, 0.05) is 24.3 Å². The molecule has 21 heavy (non-hydrogen) atoms. The third-order valence-electron chi connectivity index (χ3n) is 4.12. The quantitative estimate of drug-likeness (QED) is 0.628. The number of ketones is 1. The van der Waals surface area contributed by atoms with Crippen molar-refractivity contribution in [1.29, 1.82) is 0 Å². The summed E-state index contributed by atoms with van der Waals surface area (Å²) in [5.74, 6) is -0.00996. The van der Waals surface area contributed by atoms with E-state index in [9.17, 15) is 9.59 Å². The lowest BCUT2D eigenvalue weighted by atomic mass is 9.68. The van der Waals surface area contributed by atoms with Gasteiger partial charge in [0.15, 0.2) is 0 Å². The third kappa shape index (κ3) is 3.81. The molecule has 112 valence electrons. The molecule has 3 nitrogen and oxygen atoms in total. The molecule has 0 radical (unpaired) electrons. The van der Waals surface area contributed by atoms with Gasteiger partial charge in [-0.05, 0) is 32.3 Å². The Hall–Kier alpha value is -1.90. The van der Waals surface area contributed by atoms with Crippen molar-refractivity contribution in [3.8, 4) is 0 Å². The maximum atomic E-state index is 11.6. The molecule has 0 aliphatic heterocycles. The number of hydrogen-bond donors (Lipinski definition) is 0. The molecule has 0 atom stereocenters. The molecule has 0 aromatic heterocycles. The Morgan fingerprint density at radius 3 is 2.67 bits per heavy atom. The Morgan fingerprint density at radius 2 is 2.05 bits per heavy atom.